The van der Waals surface area contributed by atoms with Crippen molar-refractivity contribution in [2.24, 2.45) is 5.92 Å². The van der Waals surface area contributed by atoms with Gasteiger partial charge in [0.15, 0.2) is 0 Å². The van der Waals surface area contributed by atoms with Crippen LogP contribution in [0.5, 0.6) is 5.75 Å². The van der Waals surface area contributed by atoms with E-state index in [4.69, 9.17) is 4.74 Å². The molecule has 0 aliphatic carbocycles. The van der Waals surface area contributed by atoms with Gasteiger partial charge in [-0.15, -0.1) is 0 Å². The number of benzene rings is 2. The van der Waals surface area contributed by atoms with Crippen LogP contribution in [0.4, 0.5) is 10.5 Å². The molecule has 3 N–H and O–H groups in total. The van der Waals surface area contributed by atoms with E-state index in [1.54, 1.807) is 36.4 Å². The molecule has 0 saturated carbocycles. The molecule has 0 aliphatic heterocycles. The molecule has 0 heterocycles. The number of amides is 1. The highest BCUT2D eigenvalue weighted by Crippen LogP contribution is 2.40. The van der Waals surface area contributed by atoms with E-state index < -0.39 is 12.2 Å². The molecule has 2 aromatic rings. The molecule has 0 aromatic heterocycles. The number of aliphatic hydroxyl groups is 1. The zero-order chi connectivity index (χ0) is 19.3. The minimum Gasteiger partial charge on any atom is -0.506 e. The summed E-state index contributed by atoms with van der Waals surface area (Å²) >= 11 is 10.0. The first-order valence-corrected chi connectivity index (χ1v) is 10.2. The molecule has 0 fully saturated rings. The van der Waals surface area contributed by atoms with E-state index in [-0.39, 0.29) is 18.3 Å². The molecule has 140 valence electrons. The molecule has 8 heteroatoms. The minimum absolute atomic E-state index is 0.000526. The van der Waals surface area contributed by atoms with Gasteiger partial charge in [-0.25, -0.2) is 4.79 Å². The van der Waals surface area contributed by atoms with Gasteiger partial charge in [-0.1, -0.05) is 38.8 Å². The summed E-state index contributed by atoms with van der Waals surface area (Å²) in [7, 11) is 0. The number of carbonyl (C=O) groups is 1. The number of carbonyl (C=O) groups excluding carboxylic acids is 1. The van der Waals surface area contributed by atoms with E-state index in [2.05, 4.69) is 53.1 Å². The number of phenols is 1. The van der Waals surface area contributed by atoms with Gasteiger partial charge in [-0.05, 0) is 64.7 Å². The fraction of sp³-hybridized carbons (Fsp3) is 0.278. The lowest BCUT2D eigenvalue weighted by Crippen LogP contribution is -2.22. The molecular formula is C18H18Br3NO4. The van der Waals surface area contributed by atoms with Gasteiger partial charge < -0.3 is 14.9 Å². The fourth-order valence-electron chi connectivity index (χ4n) is 2.44. The largest absolute Gasteiger partial charge is 0.506 e. The Morgan fingerprint density at radius 1 is 1.15 bits per heavy atom. The van der Waals surface area contributed by atoms with Crippen LogP contribution in [-0.4, -0.2) is 22.9 Å². The Hall–Kier alpha value is -1.09. The second-order valence-corrected chi connectivity index (χ2v) is 8.46. The first-order valence-electron chi connectivity index (χ1n) is 7.83. The van der Waals surface area contributed by atoms with Gasteiger partial charge in [-0.2, -0.15) is 0 Å². The Bertz CT molecular complexity index is 768. The van der Waals surface area contributed by atoms with Crippen LogP contribution in [0, 0.1) is 5.92 Å². The average Bonchev–Trinajstić information content (AvgIpc) is 2.58. The molecule has 0 bridgehead atoms. The SMILES string of the molecule is C[C@H](CCO)[C@@H](OC(=O)Nc1ccc(Br)cc1)c1cc(Br)cc(Br)c1O. The quantitative estimate of drug-likeness (QED) is 0.412. The Balaban J connectivity index is 2.25. The molecule has 0 aliphatic rings. The van der Waals surface area contributed by atoms with Crippen molar-refractivity contribution in [1.29, 1.82) is 0 Å². The highest BCUT2D eigenvalue weighted by molar-refractivity contribution is 9.11. The number of rotatable bonds is 6. The van der Waals surface area contributed by atoms with Crippen LogP contribution >= 0.6 is 47.8 Å². The summed E-state index contributed by atoms with van der Waals surface area (Å²) in [6, 6.07) is 10.5. The molecular weight excluding hydrogens is 534 g/mol. The maximum Gasteiger partial charge on any atom is 0.412 e. The second kappa shape index (κ2) is 9.73. The normalized spacial score (nSPS) is 13.1. The molecule has 2 rings (SSSR count). The predicted molar refractivity (Wildman–Crippen MR) is 111 cm³/mol. The van der Waals surface area contributed by atoms with E-state index in [1.165, 1.54) is 0 Å². The number of nitrogens with one attached hydrogen (secondary N) is 1. The van der Waals surface area contributed by atoms with Crippen LogP contribution in [0.15, 0.2) is 49.8 Å². The van der Waals surface area contributed by atoms with Crippen molar-refractivity contribution in [3.63, 3.8) is 0 Å². The van der Waals surface area contributed by atoms with Crippen molar-refractivity contribution in [3.8, 4) is 5.75 Å². The lowest BCUT2D eigenvalue weighted by molar-refractivity contribution is 0.0651. The second-order valence-electron chi connectivity index (χ2n) is 5.77. The van der Waals surface area contributed by atoms with Crippen LogP contribution in [0.25, 0.3) is 0 Å². The van der Waals surface area contributed by atoms with Crippen LogP contribution in [0.1, 0.15) is 25.0 Å². The molecule has 0 spiro atoms. The number of phenolic OH excluding ortho intramolecular Hbond substituents is 1. The molecule has 0 unspecified atom stereocenters. The molecule has 2 atom stereocenters. The average molecular weight is 552 g/mol. The molecule has 0 radical (unpaired) electrons. The van der Waals surface area contributed by atoms with Gasteiger partial charge in [0.2, 0.25) is 0 Å². The number of hydrogen-bond donors (Lipinski definition) is 3. The standard InChI is InChI=1S/C18H18Br3NO4/c1-10(6-7-23)17(14-8-12(20)9-15(21)16(14)24)26-18(25)22-13-4-2-11(19)3-5-13/h2-5,8-10,17,23-24H,6-7H2,1H3,(H,22,25)/t10-,17-/m1/s1. The number of aromatic hydroxyl groups is 1. The van der Waals surface area contributed by atoms with Crippen molar-refractivity contribution in [3.05, 3.63) is 55.4 Å². The summed E-state index contributed by atoms with van der Waals surface area (Å²) in [6.07, 6.45) is -0.955. The van der Waals surface area contributed by atoms with Gasteiger partial charge >= 0.3 is 6.09 Å². The number of ether oxygens (including phenoxy) is 1. The first kappa shape index (κ1) is 21.2. The zero-order valence-electron chi connectivity index (χ0n) is 13.9. The Labute approximate surface area is 177 Å². The third-order valence-corrected chi connectivity index (χ3v) is 5.38. The third-order valence-electron chi connectivity index (χ3n) is 3.79. The molecule has 5 nitrogen and oxygen atoms in total. The summed E-state index contributed by atoms with van der Waals surface area (Å²) in [4.78, 5) is 12.4. The monoisotopic (exact) mass is 549 g/mol. The Morgan fingerprint density at radius 2 is 1.81 bits per heavy atom. The van der Waals surface area contributed by atoms with Crippen LogP contribution in [0.3, 0.4) is 0 Å². The molecule has 1 amide bonds. The van der Waals surface area contributed by atoms with Crippen LogP contribution in [0.2, 0.25) is 0 Å². The van der Waals surface area contributed by atoms with Crippen molar-refractivity contribution in [2.75, 3.05) is 11.9 Å². The predicted octanol–water partition coefficient (Wildman–Crippen LogP) is 5.99. The summed E-state index contributed by atoms with van der Waals surface area (Å²) in [5, 5.41) is 22.3. The van der Waals surface area contributed by atoms with Crippen molar-refractivity contribution in [1.82, 2.24) is 0 Å². The number of aliphatic hydroxyl groups excluding tert-OH is 1. The van der Waals surface area contributed by atoms with Crippen molar-refractivity contribution in [2.45, 2.75) is 19.4 Å². The highest BCUT2D eigenvalue weighted by atomic mass is 79.9. The van der Waals surface area contributed by atoms with Gasteiger partial charge in [0.05, 0.1) is 4.47 Å². The van der Waals surface area contributed by atoms with Crippen molar-refractivity contribution < 1.29 is 19.7 Å². The summed E-state index contributed by atoms with van der Waals surface area (Å²) < 4.78 is 7.72. The lowest BCUT2D eigenvalue weighted by atomic mass is 9.94. The maximum absolute atomic E-state index is 12.4. The smallest absolute Gasteiger partial charge is 0.412 e. The zero-order valence-corrected chi connectivity index (χ0v) is 18.6. The summed E-state index contributed by atoms with van der Waals surface area (Å²) in [6.45, 7) is 1.80. The van der Waals surface area contributed by atoms with Crippen LogP contribution in [-0.2, 0) is 4.74 Å². The van der Waals surface area contributed by atoms with E-state index >= 15 is 0 Å². The van der Waals surface area contributed by atoms with E-state index in [9.17, 15) is 15.0 Å². The fourth-order valence-corrected chi connectivity index (χ4v) is 3.96. The van der Waals surface area contributed by atoms with Crippen LogP contribution < -0.4 is 5.32 Å². The maximum atomic E-state index is 12.4. The first-order chi connectivity index (χ1) is 12.3. The Kier molecular flexibility index (Phi) is 7.94. The molecule has 0 saturated heterocycles. The summed E-state index contributed by atoms with van der Waals surface area (Å²) in [5.41, 5.74) is 1.05. The van der Waals surface area contributed by atoms with E-state index in [0.29, 0.717) is 22.1 Å². The van der Waals surface area contributed by atoms with Crippen molar-refractivity contribution >= 4 is 59.6 Å². The molecule has 26 heavy (non-hydrogen) atoms. The number of anilines is 1. The van der Waals surface area contributed by atoms with Gasteiger partial charge in [-0.3, -0.25) is 5.32 Å². The summed E-state index contributed by atoms with van der Waals surface area (Å²) in [5.74, 6) is -0.206. The number of halogens is 3. The van der Waals surface area contributed by atoms with E-state index in [1.807, 2.05) is 6.92 Å². The van der Waals surface area contributed by atoms with E-state index in [0.717, 1.165) is 8.95 Å². The lowest BCUT2D eigenvalue weighted by Gasteiger charge is -2.25. The number of hydrogen-bond acceptors (Lipinski definition) is 4. The van der Waals surface area contributed by atoms with Gasteiger partial charge in [0.1, 0.15) is 11.9 Å². The topological polar surface area (TPSA) is 78.8 Å². The Morgan fingerprint density at radius 3 is 2.42 bits per heavy atom. The van der Waals surface area contributed by atoms with Gasteiger partial charge in [0.25, 0.3) is 0 Å². The minimum atomic E-state index is -0.730. The molecule has 2 aromatic carbocycles. The van der Waals surface area contributed by atoms with Gasteiger partial charge in [0, 0.05) is 26.8 Å². The highest BCUT2D eigenvalue weighted by Gasteiger charge is 2.27. The third kappa shape index (κ3) is 5.70.